The quantitative estimate of drug-likeness (QED) is 0.692. The largest absolute Gasteiger partial charge is 0.490 e. The molecule has 1 saturated carbocycles. The molecule has 174 valence electrons. The minimum atomic E-state index is -0.772. The molecule has 8 heteroatoms. The Morgan fingerprint density at radius 3 is 2.21 bits per heavy atom. The molecule has 2 heterocycles. The second kappa shape index (κ2) is 9.21. The summed E-state index contributed by atoms with van der Waals surface area (Å²) in [7, 11) is 0. The molecule has 0 atom stereocenters. The summed E-state index contributed by atoms with van der Waals surface area (Å²) in [5.74, 6) is 1.77. The topological polar surface area (TPSA) is 92.3 Å². The average Bonchev–Trinajstić information content (AvgIpc) is 3.23. The van der Waals surface area contributed by atoms with Crippen LogP contribution in [0, 0.1) is 0 Å². The van der Waals surface area contributed by atoms with E-state index in [0.29, 0.717) is 68.0 Å². The Balaban J connectivity index is 1.24. The van der Waals surface area contributed by atoms with E-state index in [-0.39, 0.29) is 12.6 Å². The maximum Gasteiger partial charge on any atom is 0.317 e. The lowest BCUT2D eigenvalue weighted by Crippen LogP contribution is -2.36. The number of ether oxygens (including phenoxy) is 5. The van der Waals surface area contributed by atoms with Gasteiger partial charge >= 0.3 is 5.97 Å². The molecule has 0 radical (unpaired) electrons. The Kier molecular flexibility index (Phi) is 5.98. The monoisotopic (exact) mass is 453 g/mol. The zero-order valence-corrected chi connectivity index (χ0v) is 18.4. The molecule has 2 aliphatic heterocycles. The highest BCUT2D eigenvalue weighted by atomic mass is 16.6. The van der Waals surface area contributed by atoms with Gasteiger partial charge in [0, 0.05) is 18.2 Å². The van der Waals surface area contributed by atoms with Gasteiger partial charge in [-0.3, -0.25) is 9.59 Å². The molecule has 1 amide bonds. The second-order valence-electron chi connectivity index (χ2n) is 8.48. The Morgan fingerprint density at radius 2 is 1.42 bits per heavy atom. The Hall–Kier alpha value is -3.42. The van der Waals surface area contributed by atoms with Gasteiger partial charge in [-0.15, -0.1) is 0 Å². The summed E-state index contributed by atoms with van der Waals surface area (Å²) in [5, 5.41) is 2.76. The van der Waals surface area contributed by atoms with E-state index in [2.05, 4.69) is 5.32 Å². The summed E-state index contributed by atoms with van der Waals surface area (Å²) in [5.41, 5.74) is 0.631. The molecule has 1 aliphatic carbocycles. The van der Waals surface area contributed by atoms with Crippen LogP contribution < -0.4 is 24.3 Å². The summed E-state index contributed by atoms with van der Waals surface area (Å²) in [6.45, 7) is 1.79. The lowest BCUT2D eigenvalue weighted by molar-refractivity contribution is -0.153. The van der Waals surface area contributed by atoms with Crippen LogP contribution in [0.1, 0.15) is 37.7 Å². The fourth-order valence-electron chi connectivity index (χ4n) is 4.64. The van der Waals surface area contributed by atoms with Crippen LogP contribution in [0.25, 0.3) is 0 Å². The van der Waals surface area contributed by atoms with Gasteiger partial charge < -0.3 is 29.0 Å². The SMILES string of the molecule is O=C(COC(=O)C1(c2ccc3c(c2)OCCO3)CCCC1)Nc1ccc2c(c1)OCCCO2. The molecule has 0 spiro atoms. The lowest BCUT2D eigenvalue weighted by atomic mass is 9.78. The van der Waals surface area contributed by atoms with E-state index < -0.39 is 11.3 Å². The number of hydrogen-bond acceptors (Lipinski definition) is 7. The molecule has 1 N–H and O–H groups in total. The fraction of sp³-hybridized carbons (Fsp3) is 0.440. The van der Waals surface area contributed by atoms with Crippen molar-refractivity contribution in [2.75, 3.05) is 38.4 Å². The highest BCUT2D eigenvalue weighted by Crippen LogP contribution is 2.45. The third kappa shape index (κ3) is 4.42. The van der Waals surface area contributed by atoms with Crippen molar-refractivity contribution in [1.82, 2.24) is 0 Å². The highest BCUT2D eigenvalue weighted by Gasteiger charge is 2.45. The lowest BCUT2D eigenvalue weighted by Gasteiger charge is -2.28. The van der Waals surface area contributed by atoms with Crippen LogP contribution in [0.2, 0.25) is 0 Å². The van der Waals surface area contributed by atoms with E-state index >= 15 is 0 Å². The Labute approximate surface area is 192 Å². The number of esters is 1. The number of fused-ring (bicyclic) bond motifs is 2. The van der Waals surface area contributed by atoms with Gasteiger partial charge in [-0.2, -0.15) is 0 Å². The van der Waals surface area contributed by atoms with Crippen LogP contribution in [0.3, 0.4) is 0 Å². The molecule has 0 aromatic heterocycles. The molecule has 0 bridgehead atoms. The van der Waals surface area contributed by atoms with Crippen molar-refractivity contribution in [1.29, 1.82) is 0 Å². The first kappa shape index (κ1) is 21.4. The van der Waals surface area contributed by atoms with Crippen LogP contribution in [0.15, 0.2) is 36.4 Å². The number of anilines is 1. The fourth-order valence-corrected chi connectivity index (χ4v) is 4.64. The first-order valence-corrected chi connectivity index (χ1v) is 11.4. The van der Waals surface area contributed by atoms with Crippen molar-refractivity contribution >= 4 is 17.6 Å². The highest BCUT2D eigenvalue weighted by molar-refractivity contribution is 5.94. The normalized spacial score (nSPS) is 18.2. The van der Waals surface area contributed by atoms with Crippen LogP contribution >= 0.6 is 0 Å². The van der Waals surface area contributed by atoms with Gasteiger partial charge in [0.05, 0.1) is 18.6 Å². The Morgan fingerprint density at radius 1 is 0.788 bits per heavy atom. The van der Waals surface area contributed by atoms with Gasteiger partial charge in [0.25, 0.3) is 5.91 Å². The van der Waals surface area contributed by atoms with Crippen molar-refractivity contribution in [3.8, 4) is 23.0 Å². The molecule has 2 aromatic rings. The van der Waals surface area contributed by atoms with Gasteiger partial charge in [0.1, 0.15) is 13.2 Å². The maximum absolute atomic E-state index is 13.2. The first-order valence-electron chi connectivity index (χ1n) is 11.4. The molecule has 0 unspecified atom stereocenters. The number of carbonyl (C=O) groups excluding carboxylic acids is 2. The summed E-state index contributed by atoms with van der Waals surface area (Å²) in [4.78, 5) is 25.7. The number of amides is 1. The van der Waals surface area contributed by atoms with Gasteiger partial charge in [-0.25, -0.2) is 0 Å². The number of rotatable bonds is 5. The summed E-state index contributed by atoms with van der Waals surface area (Å²) in [6.07, 6.45) is 4.00. The zero-order valence-electron chi connectivity index (χ0n) is 18.4. The number of carbonyl (C=O) groups is 2. The molecule has 1 fully saturated rings. The molecule has 3 aliphatic rings. The van der Waals surface area contributed by atoms with E-state index in [1.807, 2.05) is 18.2 Å². The number of nitrogens with one attached hydrogen (secondary N) is 1. The van der Waals surface area contributed by atoms with Gasteiger partial charge in [-0.1, -0.05) is 18.9 Å². The van der Waals surface area contributed by atoms with Crippen molar-refractivity contribution in [2.24, 2.45) is 0 Å². The molecule has 0 saturated heterocycles. The maximum atomic E-state index is 13.2. The number of hydrogen-bond donors (Lipinski definition) is 1. The molecule has 33 heavy (non-hydrogen) atoms. The van der Waals surface area contributed by atoms with Gasteiger partial charge in [-0.05, 0) is 42.7 Å². The third-order valence-electron chi connectivity index (χ3n) is 6.31. The molecule has 2 aromatic carbocycles. The smallest absolute Gasteiger partial charge is 0.317 e. The molecular formula is C25H27NO7. The molecule has 5 rings (SSSR count). The number of benzene rings is 2. The predicted molar refractivity (Wildman–Crippen MR) is 119 cm³/mol. The van der Waals surface area contributed by atoms with E-state index in [0.717, 1.165) is 24.8 Å². The zero-order chi connectivity index (χ0) is 22.7. The average molecular weight is 453 g/mol. The Bertz CT molecular complexity index is 1050. The summed E-state index contributed by atoms with van der Waals surface area (Å²) in [6, 6.07) is 10.8. The predicted octanol–water partition coefficient (Wildman–Crippen LogP) is 3.61. The van der Waals surface area contributed by atoms with Gasteiger partial charge in [0.15, 0.2) is 29.6 Å². The van der Waals surface area contributed by atoms with E-state index in [4.69, 9.17) is 23.7 Å². The first-order chi connectivity index (χ1) is 16.1. The minimum absolute atomic E-state index is 0.362. The van der Waals surface area contributed by atoms with Crippen LogP contribution in [-0.4, -0.2) is 44.9 Å². The van der Waals surface area contributed by atoms with E-state index in [9.17, 15) is 9.59 Å². The van der Waals surface area contributed by atoms with E-state index in [1.165, 1.54) is 0 Å². The van der Waals surface area contributed by atoms with Crippen LogP contribution in [0.5, 0.6) is 23.0 Å². The minimum Gasteiger partial charge on any atom is -0.490 e. The third-order valence-corrected chi connectivity index (χ3v) is 6.31. The van der Waals surface area contributed by atoms with Crippen molar-refractivity contribution in [2.45, 2.75) is 37.5 Å². The van der Waals surface area contributed by atoms with Crippen LogP contribution in [-0.2, 0) is 19.7 Å². The standard InChI is InChI=1S/C25H27NO7/c27-23(26-18-5-7-20-22(15-18)30-11-3-10-29-20)16-33-24(28)25(8-1-2-9-25)17-4-6-19-21(14-17)32-13-12-31-19/h4-7,14-15H,1-3,8-13,16H2,(H,26,27). The molecular weight excluding hydrogens is 426 g/mol. The van der Waals surface area contributed by atoms with Crippen molar-refractivity contribution in [3.05, 3.63) is 42.0 Å². The van der Waals surface area contributed by atoms with Gasteiger partial charge in [0.2, 0.25) is 0 Å². The van der Waals surface area contributed by atoms with E-state index in [1.54, 1.807) is 18.2 Å². The second-order valence-corrected chi connectivity index (χ2v) is 8.48. The van der Waals surface area contributed by atoms with Crippen molar-refractivity contribution < 1.29 is 33.3 Å². The summed E-state index contributed by atoms with van der Waals surface area (Å²) >= 11 is 0. The molecule has 8 nitrogen and oxygen atoms in total. The van der Waals surface area contributed by atoms with Crippen LogP contribution in [0.4, 0.5) is 5.69 Å². The van der Waals surface area contributed by atoms with Crippen molar-refractivity contribution in [3.63, 3.8) is 0 Å². The summed E-state index contributed by atoms with van der Waals surface area (Å²) < 4.78 is 28.1.